The molecule has 0 saturated heterocycles. The fourth-order valence-corrected chi connectivity index (χ4v) is 2.94. The summed E-state index contributed by atoms with van der Waals surface area (Å²) in [5.41, 5.74) is 5.06. The van der Waals surface area contributed by atoms with Gasteiger partial charge in [0.15, 0.2) is 0 Å². The molecule has 0 fully saturated rings. The van der Waals surface area contributed by atoms with Crippen LogP contribution in [-0.2, 0) is 0 Å². The highest BCUT2D eigenvalue weighted by molar-refractivity contribution is 7.99. The van der Waals surface area contributed by atoms with Gasteiger partial charge in [-0.15, -0.1) is 23.1 Å². The monoisotopic (exact) mass is 291 g/mol. The highest BCUT2D eigenvalue weighted by atomic mass is 32.2. The van der Waals surface area contributed by atoms with E-state index in [2.05, 4.69) is 40.6 Å². The third-order valence-corrected chi connectivity index (χ3v) is 4.39. The molecule has 0 amide bonds. The smallest absolute Gasteiger partial charge is 0.203 e. The molecular formula is C14H17N3S2. The van der Waals surface area contributed by atoms with Crippen LogP contribution < -0.4 is 5.43 Å². The normalized spacial score (nSPS) is 11.1. The van der Waals surface area contributed by atoms with Crippen molar-refractivity contribution in [2.75, 3.05) is 11.2 Å². The van der Waals surface area contributed by atoms with E-state index in [0.717, 1.165) is 22.1 Å². The van der Waals surface area contributed by atoms with Gasteiger partial charge in [-0.05, 0) is 36.8 Å². The van der Waals surface area contributed by atoms with Crippen molar-refractivity contribution in [3.05, 3.63) is 40.9 Å². The summed E-state index contributed by atoms with van der Waals surface area (Å²) in [6.07, 6.45) is 3.01. The fraction of sp³-hybridized carbons (Fsp3) is 0.286. The predicted octanol–water partition coefficient (Wildman–Crippen LogP) is 4.40. The van der Waals surface area contributed by atoms with E-state index < -0.39 is 0 Å². The van der Waals surface area contributed by atoms with Crippen LogP contribution in [0.25, 0.3) is 0 Å². The first-order valence-electron chi connectivity index (χ1n) is 6.22. The Morgan fingerprint density at radius 1 is 1.47 bits per heavy atom. The van der Waals surface area contributed by atoms with Gasteiger partial charge in [0, 0.05) is 10.3 Å². The Balaban J connectivity index is 1.94. The van der Waals surface area contributed by atoms with Gasteiger partial charge >= 0.3 is 0 Å². The topological polar surface area (TPSA) is 37.3 Å². The number of nitrogens with zero attached hydrogens (tertiary/aromatic N) is 2. The molecule has 1 N–H and O–H groups in total. The van der Waals surface area contributed by atoms with E-state index in [0.29, 0.717) is 0 Å². The predicted molar refractivity (Wildman–Crippen MR) is 85.5 cm³/mol. The molecule has 0 radical (unpaired) electrons. The average Bonchev–Trinajstić information content (AvgIpc) is 2.83. The Bertz CT molecular complexity index is 549. The molecule has 0 aliphatic heterocycles. The summed E-state index contributed by atoms with van der Waals surface area (Å²) in [7, 11) is 0. The van der Waals surface area contributed by atoms with Crippen molar-refractivity contribution in [2.45, 2.75) is 25.2 Å². The van der Waals surface area contributed by atoms with E-state index in [1.807, 2.05) is 36.3 Å². The second-order valence-electron chi connectivity index (χ2n) is 4.08. The summed E-state index contributed by atoms with van der Waals surface area (Å²) in [6.45, 7) is 4.16. The molecule has 0 aliphatic rings. The van der Waals surface area contributed by atoms with Crippen molar-refractivity contribution in [2.24, 2.45) is 5.10 Å². The minimum absolute atomic E-state index is 0.824. The van der Waals surface area contributed by atoms with Crippen molar-refractivity contribution in [1.29, 1.82) is 0 Å². The van der Waals surface area contributed by atoms with Crippen LogP contribution in [-0.4, -0.2) is 17.0 Å². The highest BCUT2D eigenvalue weighted by Crippen LogP contribution is 2.19. The van der Waals surface area contributed by atoms with Gasteiger partial charge in [-0.25, -0.2) is 4.98 Å². The lowest BCUT2D eigenvalue weighted by atomic mass is 10.2. The summed E-state index contributed by atoms with van der Waals surface area (Å²) in [5.74, 6) is 1.15. The molecule has 1 aromatic carbocycles. The summed E-state index contributed by atoms with van der Waals surface area (Å²) < 4.78 is 0. The van der Waals surface area contributed by atoms with Crippen molar-refractivity contribution in [1.82, 2.24) is 4.98 Å². The van der Waals surface area contributed by atoms with Crippen LogP contribution in [0.1, 0.15) is 24.6 Å². The first kappa shape index (κ1) is 14.1. The second-order valence-corrected chi connectivity index (χ2v) is 6.11. The molecule has 1 heterocycles. The van der Waals surface area contributed by atoms with Crippen molar-refractivity contribution >= 4 is 34.4 Å². The molecule has 1 aromatic heterocycles. The van der Waals surface area contributed by atoms with Crippen molar-refractivity contribution in [3.63, 3.8) is 0 Å². The molecule has 0 unspecified atom stereocenters. The number of nitrogens with one attached hydrogen (secondary N) is 1. The number of hydrogen-bond donors (Lipinski definition) is 1. The quantitative estimate of drug-likeness (QED) is 0.487. The van der Waals surface area contributed by atoms with Crippen molar-refractivity contribution < 1.29 is 0 Å². The lowest BCUT2D eigenvalue weighted by Crippen LogP contribution is -1.90. The SMILES string of the molecule is CCCSc1cccc(C=NNc2nc(C)cs2)c1. The Hall–Kier alpha value is -1.33. The van der Waals surface area contributed by atoms with E-state index >= 15 is 0 Å². The zero-order chi connectivity index (χ0) is 13.5. The maximum absolute atomic E-state index is 4.29. The van der Waals surface area contributed by atoms with Gasteiger partial charge in [0.2, 0.25) is 5.13 Å². The second kappa shape index (κ2) is 7.31. The Kier molecular flexibility index (Phi) is 5.42. The van der Waals surface area contributed by atoms with Crippen molar-refractivity contribution in [3.8, 4) is 0 Å². The maximum atomic E-state index is 4.29. The fourth-order valence-electron chi connectivity index (χ4n) is 1.47. The highest BCUT2D eigenvalue weighted by Gasteiger charge is 1.96. The molecule has 2 rings (SSSR count). The Morgan fingerprint density at radius 3 is 3.11 bits per heavy atom. The van der Waals surface area contributed by atoms with Gasteiger partial charge < -0.3 is 0 Å². The first-order chi connectivity index (χ1) is 9.28. The molecule has 0 saturated carbocycles. The standard InChI is InChI=1S/C14H17N3S2/c1-3-7-18-13-6-4-5-12(8-13)9-15-17-14-16-11(2)10-19-14/h4-6,8-10H,3,7H2,1-2H3,(H,16,17). The molecule has 3 nitrogen and oxygen atoms in total. The van der Waals surface area contributed by atoms with E-state index in [9.17, 15) is 0 Å². The van der Waals surface area contributed by atoms with Gasteiger partial charge in [0.05, 0.1) is 11.9 Å². The molecule has 19 heavy (non-hydrogen) atoms. The lowest BCUT2D eigenvalue weighted by molar-refractivity contribution is 1.10. The third-order valence-electron chi connectivity index (χ3n) is 2.32. The zero-order valence-electron chi connectivity index (χ0n) is 11.1. The molecule has 0 bridgehead atoms. The largest absolute Gasteiger partial charge is 0.253 e. The van der Waals surface area contributed by atoms with Gasteiger partial charge in [-0.3, -0.25) is 5.43 Å². The van der Waals surface area contributed by atoms with Crippen LogP contribution in [0, 0.1) is 6.92 Å². The summed E-state index contributed by atoms with van der Waals surface area (Å²) in [6, 6.07) is 8.40. The maximum Gasteiger partial charge on any atom is 0.203 e. The Labute approximate surface area is 122 Å². The number of benzene rings is 1. The number of anilines is 1. The van der Waals surface area contributed by atoms with E-state index in [1.54, 1.807) is 11.3 Å². The number of rotatable bonds is 6. The van der Waals surface area contributed by atoms with Crippen LogP contribution in [0.15, 0.2) is 39.6 Å². The van der Waals surface area contributed by atoms with E-state index in [1.165, 1.54) is 11.3 Å². The lowest BCUT2D eigenvalue weighted by Gasteiger charge is -2.00. The van der Waals surface area contributed by atoms with E-state index in [4.69, 9.17) is 0 Å². The van der Waals surface area contributed by atoms with Crippen LogP contribution in [0.5, 0.6) is 0 Å². The van der Waals surface area contributed by atoms with Crippen LogP contribution in [0.4, 0.5) is 5.13 Å². The number of hydrazone groups is 1. The zero-order valence-corrected chi connectivity index (χ0v) is 12.7. The number of aryl methyl sites for hydroxylation is 1. The molecular weight excluding hydrogens is 274 g/mol. The molecule has 2 aromatic rings. The number of aromatic nitrogens is 1. The minimum atomic E-state index is 0.824. The number of hydrogen-bond acceptors (Lipinski definition) is 5. The Morgan fingerprint density at radius 2 is 2.37 bits per heavy atom. The van der Waals surface area contributed by atoms with E-state index in [-0.39, 0.29) is 0 Å². The minimum Gasteiger partial charge on any atom is -0.253 e. The summed E-state index contributed by atoms with van der Waals surface area (Å²) >= 11 is 3.43. The van der Waals surface area contributed by atoms with Crippen LogP contribution in [0.2, 0.25) is 0 Å². The van der Waals surface area contributed by atoms with Gasteiger partial charge in [-0.2, -0.15) is 5.10 Å². The molecule has 0 aliphatic carbocycles. The molecule has 5 heteroatoms. The number of thioether (sulfide) groups is 1. The van der Waals surface area contributed by atoms with Gasteiger partial charge in [0.1, 0.15) is 0 Å². The first-order valence-corrected chi connectivity index (χ1v) is 8.08. The molecule has 0 spiro atoms. The molecule has 0 atom stereocenters. The van der Waals surface area contributed by atoms with Gasteiger partial charge in [-0.1, -0.05) is 19.1 Å². The summed E-state index contributed by atoms with van der Waals surface area (Å²) in [5, 5.41) is 7.03. The van der Waals surface area contributed by atoms with Crippen LogP contribution >= 0.6 is 23.1 Å². The summed E-state index contributed by atoms with van der Waals surface area (Å²) in [4.78, 5) is 5.58. The average molecular weight is 291 g/mol. The third kappa shape index (κ3) is 4.69. The number of thiazole rings is 1. The molecule has 100 valence electrons. The van der Waals surface area contributed by atoms with Gasteiger partial charge in [0.25, 0.3) is 0 Å². The van der Waals surface area contributed by atoms with Crippen LogP contribution in [0.3, 0.4) is 0 Å².